The molecule has 0 heterocycles. The Morgan fingerprint density at radius 3 is 2.73 bits per heavy atom. The van der Waals surface area contributed by atoms with E-state index in [9.17, 15) is 0 Å². The first-order valence-corrected chi connectivity index (χ1v) is 6.18. The Kier molecular flexibility index (Phi) is 5.58. The topological polar surface area (TPSA) is 47.3 Å². The molecule has 0 amide bonds. The number of nitrogens with one attached hydrogen (secondary N) is 1. The van der Waals surface area contributed by atoms with Gasteiger partial charge in [-0.3, -0.25) is 0 Å². The summed E-state index contributed by atoms with van der Waals surface area (Å²) in [5.74, 6) is 0. The van der Waals surface area contributed by atoms with Gasteiger partial charge in [-0.25, -0.2) is 0 Å². The molecule has 90 valence electrons. The van der Waals surface area contributed by atoms with E-state index in [1.54, 1.807) is 7.11 Å². The molecule has 0 aliphatic heterocycles. The minimum absolute atomic E-state index is 0.285. The first-order valence-electron chi connectivity index (χ1n) is 6.18. The normalized spacial score (nSPS) is 20.2. The van der Waals surface area contributed by atoms with E-state index in [1.807, 2.05) is 0 Å². The van der Waals surface area contributed by atoms with Gasteiger partial charge in [-0.05, 0) is 37.5 Å². The van der Waals surface area contributed by atoms with E-state index in [1.165, 1.54) is 19.3 Å². The van der Waals surface area contributed by atoms with E-state index < -0.39 is 0 Å². The second kappa shape index (κ2) is 6.46. The highest BCUT2D eigenvalue weighted by Gasteiger charge is 2.39. The quantitative estimate of drug-likeness (QED) is 0.572. The molecular weight excluding hydrogens is 188 g/mol. The molecule has 0 saturated heterocycles. The Morgan fingerprint density at radius 1 is 1.47 bits per heavy atom. The number of rotatable bonds is 9. The molecule has 3 N–H and O–H groups in total. The lowest BCUT2D eigenvalue weighted by Gasteiger charge is -2.16. The fourth-order valence-corrected chi connectivity index (χ4v) is 1.95. The van der Waals surface area contributed by atoms with Crippen LogP contribution >= 0.6 is 0 Å². The second-order valence-corrected chi connectivity index (χ2v) is 4.88. The highest BCUT2D eigenvalue weighted by Crippen LogP contribution is 2.47. The summed E-state index contributed by atoms with van der Waals surface area (Å²) in [7, 11) is 1.74. The van der Waals surface area contributed by atoms with Crippen LogP contribution in [0.3, 0.4) is 0 Å². The van der Waals surface area contributed by atoms with Gasteiger partial charge in [-0.2, -0.15) is 0 Å². The summed E-state index contributed by atoms with van der Waals surface area (Å²) < 4.78 is 5.00. The lowest BCUT2D eigenvalue weighted by molar-refractivity contribution is 0.190. The predicted molar refractivity (Wildman–Crippen MR) is 63.9 cm³/mol. The van der Waals surface area contributed by atoms with Crippen molar-refractivity contribution in [3.05, 3.63) is 0 Å². The van der Waals surface area contributed by atoms with E-state index in [4.69, 9.17) is 10.5 Å². The van der Waals surface area contributed by atoms with Gasteiger partial charge in [-0.15, -0.1) is 0 Å². The third-order valence-corrected chi connectivity index (χ3v) is 3.54. The standard InChI is InChI=1S/C12H26N2O/c1-3-12(6-7-12)10-14-9-11(13)5-4-8-15-2/h11,14H,3-10,13H2,1-2H3. The Labute approximate surface area is 93.8 Å². The van der Waals surface area contributed by atoms with Crippen LogP contribution in [0.1, 0.15) is 39.0 Å². The third kappa shape index (κ3) is 4.96. The summed E-state index contributed by atoms with van der Waals surface area (Å²) in [5.41, 5.74) is 6.62. The van der Waals surface area contributed by atoms with Gasteiger partial charge in [-0.1, -0.05) is 6.92 Å². The van der Waals surface area contributed by atoms with E-state index in [0.29, 0.717) is 5.41 Å². The molecule has 1 atom stereocenters. The molecule has 0 radical (unpaired) electrons. The zero-order chi connectivity index (χ0) is 11.1. The Morgan fingerprint density at radius 2 is 2.20 bits per heavy atom. The van der Waals surface area contributed by atoms with Gasteiger partial charge < -0.3 is 15.8 Å². The molecule has 1 fully saturated rings. The van der Waals surface area contributed by atoms with Crippen molar-refractivity contribution in [3.63, 3.8) is 0 Å². The summed E-state index contributed by atoms with van der Waals surface area (Å²) in [6.07, 6.45) is 6.22. The van der Waals surface area contributed by atoms with Crippen LogP contribution in [-0.4, -0.2) is 32.8 Å². The van der Waals surface area contributed by atoms with Gasteiger partial charge in [0.05, 0.1) is 0 Å². The van der Waals surface area contributed by atoms with Crippen LogP contribution in [-0.2, 0) is 4.74 Å². The zero-order valence-electron chi connectivity index (χ0n) is 10.2. The maximum Gasteiger partial charge on any atom is 0.0462 e. The molecule has 0 aromatic carbocycles. The molecule has 1 rings (SSSR count). The zero-order valence-corrected chi connectivity index (χ0v) is 10.2. The van der Waals surface area contributed by atoms with Crippen molar-refractivity contribution in [3.8, 4) is 0 Å². The van der Waals surface area contributed by atoms with Gasteiger partial charge >= 0.3 is 0 Å². The van der Waals surface area contributed by atoms with Gasteiger partial charge in [0.2, 0.25) is 0 Å². The van der Waals surface area contributed by atoms with Gasteiger partial charge in [0.25, 0.3) is 0 Å². The molecule has 1 unspecified atom stereocenters. The minimum atomic E-state index is 0.285. The van der Waals surface area contributed by atoms with E-state index >= 15 is 0 Å². The monoisotopic (exact) mass is 214 g/mol. The number of nitrogens with two attached hydrogens (primary N) is 1. The Bertz CT molecular complexity index is 169. The van der Waals surface area contributed by atoms with Crippen LogP contribution in [0.25, 0.3) is 0 Å². The number of hydrogen-bond donors (Lipinski definition) is 2. The van der Waals surface area contributed by atoms with Crippen molar-refractivity contribution < 1.29 is 4.74 Å². The van der Waals surface area contributed by atoms with Gasteiger partial charge in [0, 0.05) is 32.8 Å². The fraction of sp³-hybridized carbons (Fsp3) is 1.00. The molecule has 1 aliphatic carbocycles. The van der Waals surface area contributed by atoms with Crippen LogP contribution in [0.15, 0.2) is 0 Å². The smallest absolute Gasteiger partial charge is 0.0462 e. The van der Waals surface area contributed by atoms with Crippen molar-refractivity contribution in [2.75, 3.05) is 26.8 Å². The van der Waals surface area contributed by atoms with Crippen LogP contribution < -0.4 is 11.1 Å². The number of hydrogen-bond acceptors (Lipinski definition) is 3. The molecule has 0 aromatic rings. The average molecular weight is 214 g/mol. The minimum Gasteiger partial charge on any atom is -0.385 e. The van der Waals surface area contributed by atoms with Crippen molar-refractivity contribution in [2.24, 2.45) is 11.1 Å². The van der Waals surface area contributed by atoms with Crippen LogP contribution in [0.2, 0.25) is 0 Å². The molecule has 0 bridgehead atoms. The van der Waals surface area contributed by atoms with Gasteiger partial charge in [0.1, 0.15) is 0 Å². The van der Waals surface area contributed by atoms with Crippen LogP contribution in [0, 0.1) is 5.41 Å². The van der Waals surface area contributed by atoms with E-state index in [2.05, 4.69) is 12.2 Å². The predicted octanol–water partition coefficient (Wildman–Crippen LogP) is 1.52. The van der Waals surface area contributed by atoms with Crippen molar-refractivity contribution in [1.82, 2.24) is 5.32 Å². The highest BCUT2D eigenvalue weighted by molar-refractivity contribution is 4.93. The second-order valence-electron chi connectivity index (χ2n) is 4.88. The summed E-state index contributed by atoms with van der Waals surface area (Å²) in [5, 5.41) is 3.50. The first kappa shape index (κ1) is 12.9. The maximum atomic E-state index is 5.99. The summed E-state index contributed by atoms with van der Waals surface area (Å²) in [6.45, 7) is 5.22. The first-order chi connectivity index (χ1) is 7.22. The molecule has 0 spiro atoms. The molecule has 0 aromatic heterocycles. The molecule has 3 nitrogen and oxygen atoms in total. The third-order valence-electron chi connectivity index (χ3n) is 3.54. The van der Waals surface area contributed by atoms with Crippen molar-refractivity contribution >= 4 is 0 Å². The lowest BCUT2D eigenvalue weighted by atomic mass is 10.0. The Hall–Kier alpha value is -0.120. The molecule has 1 aliphatic rings. The van der Waals surface area contributed by atoms with Crippen LogP contribution in [0.4, 0.5) is 0 Å². The summed E-state index contributed by atoms with van der Waals surface area (Å²) >= 11 is 0. The Balaban J connectivity index is 1.94. The summed E-state index contributed by atoms with van der Waals surface area (Å²) in [4.78, 5) is 0. The van der Waals surface area contributed by atoms with Crippen molar-refractivity contribution in [1.29, 1.82) is 0 Å². The van der Waals surface area contributed by atoms with E-state index in [-0.39, 0.29) is 6.04 Å². The van der Waals surface area contributed by atoms with Crippen LogP contribution in [0.5, 0.6) is 0 Å². The highest BCUT2D eigenvalue weighted by atomic mass is 16.5. The largest absolute Gasteiger partial charge is 0.385 e. The maximum absolute atomic E-state index is 5.99. The molecule has 1 saturated carbocycles. The SMILES string of the molecule is CCC1(CNCC(N)CCCOC)CC1. The number of methoxy groups -OCH3 is 1. The fourth-order valence-electron chi connectivity index (χ4n) is 1.95. The van der Waals surface area contributed by atoms with E-state index in [0.717, 1.165) is 32.5 Å². The van der Waals surface area contributed by atoms with Crippen molar-refractivity contribution in [2.45, 2.75) is 45.1 Å². The number of ether oxygens (including phenoxy) is 1. The van der Waals surface area contributed by atoms with Gasteiger partial charge in [0.15, 0.2) is 0 Å². The molecule has 3 heteroatoms. The summed E-state index contributed by atoms with van der Waals surface area (Å²) in [6, 6.07) is 0.285. The lowest BCUT2D eigenvalue weighted by Crippen LogP contribution is -2.36. The molecular formula is C12H26N2O. The molecule has 15 heavy (non-hydrogen) atoms. The average Bonchev–Trinajstić information content (AvgIpc) is 2.99.